The molecule has 0 N–H and O–H groups in total. The van der Waals surface area contributed by atoms with Crippen molar-refractivity contribution in [2.75, 3.05) is 7.11 Å². The van der Waals surface area contributed by atoms with E-state index in [-0.39, 0.29) is 11.1 Å². The van der Waals surface area contributed by atoms with E-state index in [0.717, 1.165) is 45.4 Å². The van der Waals surface area contributed by atoms with Gasteiger partial charge in [-0.3, -0.25) is 0 Å². The third-order valence-electron chi connectivity index (χ3n) is 15.5. The lowest BCUT2D eigenvalue weighted by Crippen LogP contribution is -2.52. The number of benzene rings is 1. The Bertz CT molecular complexity index is 1320. The van der Waals surface area contributed by atoms with Crippen LogP contribution in [0.4, 0.5) is 13.2 Å². The third kappa shape index (κ3) is 20.2. The lowest BCUT2D eigenvalue weighted by Gasteiger charge is -2.40. The molecule has 62 heavy (non-hydrogen) atoms. The highest BCUT2D eigenvalue weighted by atomic mass is 32.2. The van der Waals surface area contributed by atoms with Gasteiger partial charge in [0.1, 0.15) is 5.75 Å². The Labute approximate surface area is 390 Å². The van der Waals surface area contributed by atoms with Crippen LogP contribution < -0.4 is 9.92 Å². The predicted octanol–water partition coefficient (Wildman–Crippen LogP) is 18.8. The van der Waals surface area contributed by atoms with Gasteiger partial charge in [0.25, 0.3) is 0 Å². The van der Waals surface area contributed by atoms with Crippen molar-refractivity contribution in [3.63, 3.8) is 0 Å². The monoisotopic (exact) mass is 971 g/mol. The maximum atomic E-state index is 12.5. The molecule has 0 aliphatic rings. The molecule has 4 nitrogen and oxygen atoms in total. The highest BCUT2D eigenvalue weighted by molar-refractivity contribution is 7.88. The summed E-state index contributed by atoms with van der Waals surface area (Å²) in [6.45, 7) is 50.0. The molecule has 0 atom stereocenters. The molecule has 372 valence electrons. The molecule has 0 bridgehead atoms. The van der Waals surface area contributed by atoms with Gasteiger partial charge in [-0.05, 0) is 40.3 Å². The second kappa shape index (κ2) is 30.8. The van der Waals surface area contributed by atoms with Gasteiger partial charge < -0.3 is 8.61 Å². The van der Waals surface area contributed by atoms with Crippen LogP contribution in [0.5, 0.6) is 5.75 Å². The maximum Gasteiger partial charge on any atom is 0.522 e. The van der Waals surface area contributed by atoms with Crippen molar-refractivity contribution in [1.82, 2.24) is 0 Å². The van der Waals surface area contributed by atoms with Crippen LogP contribution in [0.3, 0.4) is 0 Å². The zero-order chi connectivity index (χ0) is 49.5. The van der Waals surface area contributed by atoms with E-state index in [2.05, 4.69) is 141 Å². The Morgan fingerprint density at radius 3 is 1.05 bits per heavy atom. The normalized spacial score (nSPS) is 13.2. The number of rotatable bonds is 24. The molecule has 0 fully saturated rings. The largest absolute Gasteiger partial charge is 0.522 e. The number of alkyl halides is 3. The average Bonchev–Trinajstić information content (AvgIpc) is 3.17. The molecule has 1 rings (SSSR count). The van der Waals surface area contributed by atoms with Crippen molar-refractivity contribution in [3.05, 3.63) is 24.3 Å². The molecule has 0 aliphatic carbocycles. The molecule has 0 saturated carbocycles. The number of methoxy groups -OCH3 is 1. The zero-order valence-corrected chi connectivity index (χ0v) is 49.9. The molecule has 0 saturated heterocycles. The van der Waals surface area contributed by atoms with Gasteiger partial charge in [-0.15, -0.1) is 0 Å². The topological polar surface area (TPSA) is 52.6 Å². The fourth-order valence-electron chi connectivity index (χ4n) is 9.21. The number of unbranched alkanes of at least 4 members (excludes halogenated alkanes) is 4. The molecule has 0 unspecified atom stereocenters. The summed E-state index contributed by atoms with van der Waals surface area (Å²) in [7, 11) is -10.1. The van der Waals surface area contributed by atoms with E-state index in [4.69, 9.17) is 8.61 Å². The molecular formula is C50H105F3O4SSi4. The standard InChI is InChI=1S/C17H30OSi.C11H23F3O3SSi.2C11H26Si/c1-7-8-13-19(14(2)3,15(4)5)17-11-9-16(18-6)10-12-17;1-6-7-8-19(9(2)3,10(4)5)17-18(15,16)11(12,13)14;2*1-7-8-9-12(6,10(2)3)11(4)5/h9-12,14-15H,7-8,13H2,1-6H3;9-10H,6-8H2,1-5H3;2*10-11H,7-9H2,1-6H3. The first-order valence-corrected chi connectivity index (χ1v) is 36.7. The van der Waals surface area contributed by atoms with Crippen LogP contribution in [-0.4, -0.2) is 53.6 Å². The van der Waals surface area contributed by atoms with E-state index >= 15 is 0 Å². The molecule has 0 amide bonds. The molecule has 0 spiro atoms. The molecule has 0 radical (unpaired) electrons. The SMILES string of the molecule is CCCC[Si](C)(C(C)C)C(C)C.CCCC[Si](C)(C(C)C)C(C)C.CCCC[Si](OS(=O)(=O)C(F)(F)F)(C(C)C)C(C)C.CCCC[Si](c1ccc(OC)cc1)(C(C)C)C(C)C. The van der Waals surface area contributed by atoms with Crippen molar-refractivity contribution in [2.24, 2.45) is 0 Å². The Morgan fingerprint density at radius 2 is 0.806 bits per heavy atom. The van der Waals surface area contributed by atoms with Gasteiger partial charge in [-0.2, -0.15) is 21.6 Å². The van der Waals surface area contributed by atoms with Crippen molar-refractivity contribution >= 4 is 47.8 Å². The molecule has 12 heteroatoms. The van der Waals surface area contributed by atoms with E-state index in [0.29, 0.717) is 12.5 Å². The van der Waals surface area contributed by atoms with Gasteiger partial charge in [0, 0.05) is 0 Å². The second-order valence-corrected chi connectivity index (χ2v) is 45.2. The van der Waals surface area contributed by atoms with Crippen molar-refractivity contribution < 1.29 is 30.2 Å². The summed E-state index contributed by atoms with van der Waals surface area (Å²) < 4.78 is 70.3. The molecule has 0 aliphatic heterocycles. The first kappa shape index (κ1) is 65.9. The summed E-state index contributed by atoms with van der Waals surface area (Å²) in [5.74, 6) is 0.967. The van der Waals surface area contributed by atoms with Crippen LogP contribution in [0, 0.1) is 0 Å². The molecule has 1 aromatic carbocycles. The van der Waals surface area contributed by atoms with Gasteiger partial charge in [0.05, 0.1) is 31.3 Å². The van der Waals surface area contributed by atoms with Crippen LogP contribution in [0.15, 0.2) is 24.3 Å². The minimum Gasteiger partial charge on any atom is -0.497 e. The number of halogens is 3. The summed E-state index contributed by atoms with van der Waals surface area (Å²) in [5.41, 5.74) is -0.380. The summed E-state index contributed by atoms with van der Waals surface area (Å²) in [4.78, 5) is 0. The van der Waals surface area contributed by atoms with Gasteiger partial charge >= 0.3 is 15.6 Å². The highest BCUT2D eigenvalue weighted by Crippen LogP contribution is 2.43. The first-order valence-electron chi connectivity index (χ1n) is 24.9. The van der Waals surface area contributed by atoms with E-state index in [1.165, 1.54) is 56.7 Å². The molecular weight excluding hydrogens is 866 g/mol. The number of hydrogen-bond donors (Lipinski definition) is 0. The van der Waals surface area contributed by atoms with Crippen molar-refractivity contribution in [3.8, 4) is 5.75 Å². The zero-order valence-electron chi connectivity index (χ0n) is 45.1. The Morgan fingerprint density at radius 1 is 0.500 bits per heavy atom. The van der Waals surface area contributed by atoms with E-state index in [1.807, 2.05) is 6.92 Å². The number of hydrogen-bond acceptors (Lipinski definition) is 4. The summed E-state index contributed by atoms with van der Waals surface area (Å²) in [6, 6.07) is 13.8. The fraction of sp³-hybridized carbons (Fsp3) is 0.880. The third-order valence-corrected chi connectivity index (χ3v) is 43.3. The highest BCUT2D eigenvalue weighted by Gasteiger charge is 2.55. The van der Waals surface area contributed by atoms with Crippen LogP contribution >= 0.6 is 0 Å². The van der Waals surface area contributed by atoms with Crippen molar-refractivity contribution in [2.45, 2.75) is 277 Å². The molecule has 0 aromatic heterocycles. The van der Waals surface area contributed by atoms with Crippen molar-refractivity contribution in [1.29, 1.82) is 0 Å². The summed E-state index contributed by atoms with van der Waals surface area (Å²) in [6.07, 6.45) is 9.74. The van der Waals surface area contributed by atoms with Gasteiger partial charge in [0.2, 0.25) is 8.32 Å². The predicted molar refractivity (Wildman–Crippen MR) is 283 cm³/mol. The van der Waals surface area contributed by atoms with Crippen LogP contribution in [0.1, 0.15) is 190 Å². The van der Waals surface area contributed by atoms with E-state index in [1.54, 1.807) is 40.0 Å². The summed E-state index contributed by atoms with van der Waals surface area (Å²) in [5, 5.41) is 1.60. The second-order valence-electron chi connectivity index (χ2n) is 21.4. The Balaban J connectivity index is -0.000000767. The van der Waals surface area contributed by atoms with Gasteiger partial charge in [-0.1, -0.05) is 261 Å². The Hall–Kier alpha value is -0.412. The van der Waals surface area contributed by atoms with Crippen LogP contribution in [-0.2, 0) is 14.0 Å². The average molecular weight is 972 g/mol. The smallest absolute Gasteiger partial charge is 0.497 e. The Kier molecular flexibility index (Phi) is 32.7. The maximum absolute atomic E-state index is 12.5. The lowest BCUT2D eigenvalue weighted by molar-refractivity contribution is -0.0505. The number of ether oxygens (including phenoxy) is 1. The van der Waals surface area contributed by atoms with Crippen LogP contribution in [0.2, 0.25) is 81.6 Å². The first-order chi connectivity index (χ1) is 28.3. The fourth-order valence-corrected chi connectivity index (χ4v) is 29.5. The minimum atomic E-state index is -5.51. The molecule has 0 heterocycles. The van der Waals surface area contributed by atoms with Gasteiger partial charge in [-0.25, -0.2) is 0 Å². The summed E-state index contributed by atoms with van der Waals surface area (Å²) >= 11 is 0. The van der Waals surface area contributed by atoms with Crippen LogP contribution in [0.25, 0.3) is 0 Å². The van der Waals surface area contributed by atoms with E-state index in [9.17, 15) is 21.6 Å². The van der Waals surface area contributed by atoms with Gasteiger partial charge in [0.15, 0.2) is 0 Å². The minimum absolute atomic E-state index is 0.198. The quantitative estimate of drug-likeness (QED) is 0.0765. The van der Waals surface area contributed by atoms with E-state index < -0.39 is 48.2 Å². The lowest BCUT2D eigenvalue weighted by atomic mass is 10.3. The molecule has 1 aromatic rings.